The van der Waals surface area contributed by atoms with Gasteiger partial charge in [0.15, 0.2) is 6.10 Å². The number of hydrogen-bond acceptors (Lipinski definition) is 6. The summed E-state index contributed by atoms with van der Waals surface area (Å²) in [5.74, 6) is -0.825. The summed E-state index contributed by atoms with van der Waals surface area (Å²) in [6.45, 7) is 1.49. The van der Waals surface area contributed by atoms with E-state index in [0.29, 0.717) is 11.4 Å². The average molecular weight is 447 g/mol. The highest BCUT2D eigenvalue weighted by Gasteiger charge is 2.38. The van der Waals surface area contributed by atoms with Crippen LogP contribution >= 0.6 is 0 Å². The van der Waals surface area contributed by atoms with Gasteiger partial charge in [-0.3, -0.25) is 9.59 Å². The van der Waals surface area contributed by atoms with Crippen LogP contribution in [0.25, 0.3) is 0 Å². The van der Waals surface area contributed by atoms with Gasteiger partial charge in [-0.25, -0.2) is 0 Å². The SMILES string of the molecule is C[C@H]1O[C@H](C(=O)Nc2ccc(NC(=O)CN)cc2)CN1c1ccc(C#N)c(C(F)(F)F)c1. The fourth-order valence-electron chi connectivity index (χ4n) is 3.26. The van der Waals surface area contributed by atoms with Gasteiger partial charge in [-0.2, -0.15) is 18.4 Å². The summed E-state index contributed by atoms with van der Waals surface area (Å²) in [6, 6.07) is 11.2. The Morgan fingerprint density at radius 3 is 2.38 bits per heavy atom. The van der Waals surface area contributed by atoms with Crippen LogP contribution in [0.1, 0.15) is 18.1 Å². The summed E-state index contributed by atoms with van der Waals surface area (Å²) in [5.41, 5.74) is 4.87. The molecule has 1 aliphatic rings. The van der Waals surface area contributed by atoms with Crippen molar-refractivity contribution in [3.05, 3.63) is 53.6 Å². The molecule has 0 aromatic heterocycles. The van der Waals surface area contributed by atoms with Crippen LogP contribution in [0.15, 0.2) is 42.5 Å². The molecule has 1 heterocycles. The molecule has 0 spiro atoms. The van der Waals surface area contributed by atoms with E-state index in [1.54, 1.807) is 31.2 Å². The molecule has 0 radical (unpaired) electrons. The predicted octanol–water partition coefficient (Wildman–Crippen LogP) is 2.66. The molecule has 168 valence electrons. The number of nitrogens with zero attached hydrogens (tertiary/aromatic N) is 2. The minimum absolute atomic E-state index is 0.0286. The lowest BCUT2D eigenvalue weighted by Gasteiger charge is -2.23. The maximum atomic E-state index is 13.3. The molecule has 0 saturated carbocycles. The highest BCUT2D eigenvalue weighted by molar-refractivity contribution is 5.96. The first-order chi connectivity index (χ1) is 15.1. The normalized spacial score (nSPS) is 18.2. The van der Waals surface area contributed by atoms with Crippen molar-refractivity contribution in [2.45, 2.75) is 25.4 Å². The molecule has 0 unspecified atom stereocenters. The third-order valence-electron chi connectivity index (χ3n) is 4.84. The highest BCUT2D eigenvalue weighted by Crippen LogP contribution is 2.36. The Labute approximate surface area is 181 Å². The number of rotatable bonds is 5. The van der Waals surface area contributed by atoms with Gasteiger partial charge in [0.05, 0.1) is 30.3 Å². The van der Waals surface area contributed by atoms with E-state index in [4.69, 9.17) is 15.7 Å². The molecular formula is C21H20F3N5O3. The number of amides is 2. The molecule has 3 rings (SSSR count). The minimum atomic E-state index is -4.68. The van der Waals surface area contributed by atoms with Gasteiger partial charge in [0.2, 0.25) is 5.91 Å². The van der Waals surface area contributed by atoms with Gasteiger partial charge in [-0.05, 0) is 49.4 Å². The number of alkyl halides is 3. The van der Waals surface area contributed by atoms with Gasteiger partial charge in [-0.1, -0.05) is 0 Å². The molecule has 11 heteroatoms. The van der Waals surface area contributed by atoms with Gasteiger partial charge in [-0.15, -0.1) is 0 Å². The summed E-state index contributed by atoms with van der Waals surface area (Å²) < 4.78 is 45.4. The lowest BCUT2D eigenvalue weighted by molar-refractivity contribution is -0.137. The van der Waals surface area contributed by atoms with E-state index in [9.17, 15) is 22.8 Å². The number of carbonyl (C=O) groups excluding carboxylic acids is 2. The summed E-state index contributed by atoms with van der Waals surface area (Å²) in [5, 5.41) is 14.2. The number of halogens is 3. The van der Waals surface area contributed by atoms with Crippen LogP contribution in [-0.4, -0.2) is 37.2 Å². The quantitative estimate of drug-likeness (QED) is 0.648. The molecule has 8 nitrogen and oxygen atoms in total. The first-order valence-corrected chi connectivity index (χ1v) is 9.56. The van der Waals surface area contributed by atoms with Gasteiger partial charge in [0.1, 0.15) is 6.23 Å². The topological polar surface area (TPSA) is 120 Å². The fourth-order valence-corrected chi connectivity index (χ4v) is 3.26. The second-order valence-corrected chi connectivity index (χ2v) is 7.03. The summed E-state index contributed by atoms with van der Waals surface area (Å²) in [7, 11) is 0. The summed E-state index contributed by atoms with van der Waals surface area (Å²) in [6.07, 6.45) is -6.27. The molecule has 0 aliphatic carbocycles. The maximum Gasteiger partial charge on any atom is 0.417 e. The van der Waals surface area contributed by atoms with E-state index in [1.165, 1.54) is 17.0 Å². The van der Waals surface area contributed by atoms with Crippen LogP contribution in [0, 0.1) is 11.3 Å². The van der Waals surface area contributed by atoms with Crippen molar-refractivity contribution in [1.29, 1.82) is 5.26 Å². The monoisotopic (exact) mass is 447 g/mol. The van der Waals surface area contributed by atoms with E-state index >= 15 is 0 Å². The van der Waals surface area contributed by atoms with E-state index in [2.05, 4.69) is 10.6 Å². The molecular weight excluding hydrogens is 427 g/mol. The molecule has 0 bridgehead atoms. The number of anilines is 3. The van der Waals surface area contributed by atoms with Crippen molar-refractivity contribution < 1.29 is 27.5 Å². The molecule has 1 saturated heterocycles. The number of hydrogen-bond donors (Lipinski definition) is 3. The number of carbonyl (C=O) groups is 2. The minimum Gasteiger partial charge on any atom is -0.344 e. The summed E-state index contributed by atoms with van der Waals surface area (Å²) >= 11 is 0. The second-order valence-electron chi connectivity index (χ2n) is 7.03. The van der Waals surface area contributed by atoms with E-state index in [0.717, 1.165) is 12.1 Å². The van der Waals surface area contributed by atoms with E-state index < -0.39 is 35.5 Å². The smallest absolute Gasteiger partial charge is 0.344 e. The zero-order valence-electron chi connectivity index (χ0n) is 16.9. The standard InChI is InChI=1S/C21H20F3N5O3/c1-12-29(16-7-2-13(9-25)17(8-16)21(22,23)24)11-18(32-12)20(31)28-15-5-3-14(4-6-15)27-19(30)10-26/h2-8,12,18H,10-11,26H2,1H3,(H,27,30)(H,28,31)/t12-,18+/m1/s1. The molecule has 2 aromatic carbocycles. The molecule has 4 N–H and O–H groups in total. The second kappa shape index (κ2) is 9.25. The van der Waals surface area contributed by atoms with Crippen LogP contribution in [0.2, 0.25) is 0 Å². The van der Waals surface area contributed by atoms with Gasteiger partial charge < -0.3 is 26.0 Å². The van der Waals surface area contributed by atoms with Gasteiger partial charge in [0.25, 0.3) is 5.91 Å². The van der Waals surface area contributed by atoms with Crippen molar-refractivity contribution in [1.82, 2.24) is 0 Å². The predicted molar refractivity (Wildman–Crippen MR) is 111 cm³/mol. The molecule has 32 heavy (non-hydrogen) atoms. The fraction of sp³-hybridized carbons (Fsp3) is 0.286. The zero-order chi connectivity index (χ0) is 23.5. The number of nitriles is 1. The third kappa shape index (κ3) is 5.16. The number of benzene rings is 2. The van der Waals surface area contributed by atoms with E-state index in [-0.39, 0.29) is 24.7 Å². The number of nitrogens with one attached hydrogen (secondary N) is 2. The lowest BCUT2D eigenvalue weighted by Crippen LogP contribution is -2.32. The molecule has 2 amide bonds. The van der Waals surface area contributed by atoms with Crippen LogP contribution in [0.3, 0.4) is 0 Å². The third-order valence-corrected chi connectivity index (χ3v) is 4.84. The average Bonchev–Trinajstić information content (AvgIpc) is 3.15. The van der Waals surface area contributed by atoms with Crippen LogP contribution < -0.4 is 21.3 Å². The largest absolute Gasteiger partial charge is 0.417 e. The Morgan fingerprint density at radius 1 is 1.19 bits per heavy atom. The van der Waals surface area contributed by atoms with Gasteiger partial charge in [0, 0.05) is 17.1 Å². The number of ether oxygens (including phenoxy) is 1. The Morgan fingerprint density at radius 2 is 1.81 bits per heavy atom. The molecule has 1 fully saturated rings. The first-order valence-electron chi connectivity index (χ1n) is 9.56. The van der Waals surface area contributed by atoms with Crippen molar-refractivity contribution in [3.63, 3.8) is 0 Å². The molecule has 2 atom stereocenters. The van der Waals surface area contributed by atoms with Crippen molar-refractivity contribution >= 4 is 28.9 Å². The Hall–Kier alpha value is -3.62. The van der Waals surface area contributed by atoms with E-state index in [1.807, 2.05) is 0 Å². The van der Waals surface area contributed by atoms with Crippen molar-refractivity contribution in [3.8, 4) is 6.07 Å². The molecule has 1 aliphatic heterocycles. The van der Waals surface area contributed by atoms with Crippen molar-refractivity contribution in [2.24, 2.45) is 5.73 Å². The summed E-state index contributed by atoms with van der Waals surface area (Å²) in [4.78, 5) is 25.4. The van der Waals surface area contributed by atoms with Crippen LogP contribution in [-0.2, 0) is 20.5 Å². The Bertz CT molecular complexity index is 1050. The Kier molecular flexibility index (Phi) is 6.67. The van der Waals surface area contributed by atoms with Crippen LogP contribution in [0.4, 0.5) is 30.2 Å². The number of nitrogens with two attached hydrogens (primary N) is 1. The lowest BCUT2D eigenvalue weighted by atomic mass is 10.1. The van der Waals surface area contributed by atoms with Crippen LogP contribution in [0.5, 0.6) is 0 Å². The zero-order valence-corrected chi connectivity index (χ0v) is 16.9. The first kappa shape index (κ1) is 23.1. The highest BCUT2D eigenvalue weighted by atomic mass is 19.4. The maximum absolute atomic E-state index is 13.3. The van der Waals surface area contributed by atoms with Crippen molar-refractivity contribution in [2.75, 3.05) is 28.6 Å². The Balaban J connectivity index is 1.69. The molecule has 2 aromatic rings. The van der Waals surface area contributed by atoms with Gasteiger partial charge >= 0.3 is 6.18 Å².